The molecule has 1 amide bonds. The molecule has 0 saturated heterocycles. The number of anilines is 1. The summed E-state index contributed by atoms with van der Waals surface area (Å²) in [7, 11) is 0. The number of para-hydroxylation sites is 2. The fourth-order valence-electron chi connectivity index (χ4n) is 1.79. The highest BCUT2D eigenvalue weighted by Gasteiger charge is 2.07. The lowest BCUT2D eigenvalue weighted by Gasteiger charge is -2.09. The predicted octanol–water partition coefficient (Wildman–Crippen LogP) is 2.36. The summed E-state index contributed by atoms with van der Waals surface area (Å²) in [6, 6.07) is 7.34. The normalized spacial score (nSPS) is 10.2. The monoisotopic (exact) mass is 259 g/mol. The first-order chi connectivity index (χ1) is 9.24. The second-order valence-electron chi connectivity index (χ2n) is 4.14. The van der Waals surface area contributed by atoms with Crippen molar-refractivity contribution in [1.29, 1.82) is 0 Å². The van der Waals surface area contributed by atoms with E-state index in [4.69, 9.17) is 4.74 Å². The van der Waals surface area contributed by atoms with Gasteiger partial charge in [0.15, 0.2) is 0 Å². The summed E-state index contributed by atoms with van der Waals surface area (Å²) in [6.45, 7) is 5.27. The topological polar surface area (TPSA) is 56.1 Å². The Morgan fingerprint density at radius 2 is 2.21 bits per heavy atom. The number of nitrogens with one attached hydrogen (secondary N) is 1. The lowest BCUT2D eigenvalue weighted by molar-refractivity contribution is -0.105. The SMILES string of the molecule is CCn1cc(COc2ccccc2NC=O)c(C)n1. The van der Waals surface area contributed by atoms with Crippen molar-refractivity contribution in [2.75, 3.05) is 5.32 Å². The van der Waals surface area contributed by atoms with E-state index in [0.29, 0.717) is 24.5 Å². The molecule has 0 aliphatic carbocycles. The maximum Gasteiger partial charge on any atom is 0.211 e. The van der Waals surface area contributed by atoms with Crippen molar-refractivity contribution in [3.05, 3.63) is 41.7 Å². The van der Waals surface area contributed by atoms with Gasteiger partial charge in [-0.2, -0.15) is 5.10 Å². The van der Waals surface area contributed by atoms with Crippen LogP contribution in [0.25, 0.3) is 0 Å². The second kappa shape index (κ2) is 6.04. The number of amides is 1. The first-order valence-corrected chi connectivity index (χ1v) is 6.19. The van der Waals surface area contributed by atoms with Gasteiger partial charge in [-0.3, -0.25) is 9.48 Å². The molecule has 2 rings (SSSR count). The maximum atomic E-state index is 10.5. The van der Waals surface area contributed by atoms with Crippen LogP contribution in [-0.4, -0.2) is 16.2 Å². The van der Waals surface area contributed by atoms with E-state index in [-0.39, 0.29) is 0 Å². The van der Waals surface area contributed by atoms with Crippen LogP contribution in [0.3, 0.4) is 0 Å². The molecule has 1 heterocycles. The Balaban J connectivity index is 2.09. The second-order valence-corrected chi connectivity index (χ2v) is 4.14. The van der Waals surface area contributed by atoms with E-state index in [1.807, 2.05) is 42.9 Å². The largest absolute Gasteiger partial charge is 0.487 e. The highest BCUT2D eigenvalue weighted by molar-refractivity contribution is 5.75. The van der Waals surface area contributed by atoms with Crippen LogP contribution in [0.2, 0.25) is 0 Å². The number of carbonyl (C=O) groups is 1. The van der Waals surface area contributed by atoms with E-state index in [1.165, 1.54) is 0 Å². The van der Waals surface area contributed by atoms with Crippen molar-refractivity contribution in [2.45, 2.75) is 27.0 Å². The molecule has 1 aromatic heterocycles. The molecule has 0 aliphatic rings. The molecule has 5 heteroatoms. The van der Waals surface area contributed by atoms with E-state index in [1.54, 1.807) is 6.07 Å². The molecule has 100 valence electrons. The molecule has 1 N–H and O–H groups in total. The summed E-state index contributed by atoms with van der Waals surface area (Å²) in [5.41, 5.74) is 2.67. The lowest BCUT2D eigenvalue weighted by Crippen LogP contribution is -2.01. The molecule has 19 heavy (non-hydrogen) atoms. The number of carbonyl (C=O) groups excluding carboxylic acids is 1. The van der Waals surface area contributed by atoms with Gasteiger partial charge in [0.25, 0.3) is 0 Å². The van der Waals surface area contributed by atoms with Crippen molar-refractivity contribution >= 4 is 12.1 Å². The van der Waals surface area contributed by atoms with Crippen molar-refractivity contribution < 1.29 is 9.53 Å². The molecule has 0 aliphatic heterocycles. The summed E-state index contributed by atoms with van der Waals surface area (Å²) in [5, 5.41) is 6.98. The van der Waals surface area contributed by atoms with Gasteiger partial charge in [0, 0.05) is 18.3 Å². The molecular formula is C14H17N3O2. The Hall–Kier alpha value is -2.30. The highest BCUT2D eigenvalue weighted by Crippen LogP contribution is 2.24. The van der Waals surface area contributed by atoms with Crippen LogP contribution in [0.4, 0.5) is 5.69 Å². The van der Waals surface area contributed by atoms with Crippen molar-refractivity contribution in [2.24, 2.45) is 0 Å². The zero-order valence-corrected chi connectivity index (χ0v) is 11.1. The summed E-state index contributed by atoms with van der Waals surface area (Å²) < 4.78 is 7.62. The number of benzene rings is 1. The average molecular weight is 259 g/mol. The van der Waals surface area contributed by atoms with E-state index in [2.05, 4.69) is 10.4 Å². The maximum absolute atomic E-state index is 10.5. The van der Waals surface area contributed by atoms with E-state index < -0.39 is 0 Å². The van der Waals surface area contributed by atoms with Crippen LogP contribution in [0.15, 0.2) is 30.5 Å². The Labute approximate surface area is 112 Å². The van der Waals surface area contributed by atoms with Crippen molar-refractivity contribution in [3.63, 3.8) is 0 Å². The minimum atomic E-state index is 0.434. The van der Waals surface area contributed by atoms with Crippen LogP contribution in [-0.2, 0) is 17.9 Å². The number of ether oxygens (including phenoxy) is 1. The molecular weight excluding hydrogens is 242 g/mol. The van der Waals surface area contributed by atoms with Gasteiger partial charge in [0.2, 0.25) is 6.41 Å². The molecule has 0 radical (unpaired) electrons. The van der Waals surface area contributed by atoms with Gasteiger partial charge in [0.05, 0.1) is 11.4 Å². The quantitative estimate of drug-likeness (QED) is 0.810. The van der Waals surface area contributed by atoms with Gasteiger partial charge >= 0.3 is 0 Å². The first kappa shape index (κ1) is 13.1. The Morgan fingerprint density at radius 3 is 2.89 bits per heavy atom. The summed E-state index contributed by atoms with van der Waals surface area (Å²) in [6.07, 6.45) is 2.62. The van der Waals surface area contributed by atoms with Gasteiger partial charge in [-0.25, -0.2) is 0 Å². The molecule has 0 spiro atoms. The fraction of sp³-hybridized carbons (Fsp3) is 0.286. The number of hydrogen-bond donors (Lipinski definition) is 1. The number of aryl methyl sites for hydroxylation is 2. The molecule has 0 saturated carbocycles. The molecule has 0 unspecified atom stereocenters. The standard InChI is InChI=1S/C14H17N3O2/c1-3-17-8-12(11(2)16-17)9-19-14-7-5-4-6-13(14)15-10-18/h4-8,10H,3,9H2,1-2H3,(H,15,18). The summed E-state index contributed by atoms with van der Waals surface area (Å²) in [4.78, 5) is 10.5. The third kappa shape index (κ3) is 3.13. The highest BCUT2D eigenvalue weighted by atomic mass is 16.5. The van der Waals surface area contributed by atoms with Gasteiger partial charge < -0.3 is 10.1 Å². The number of rotatable bonds is 6. The van der Waals surface area contributed by atoms with E-state index in [9.17, 15) is 4.79 Å². The van der Waals surface area contributed by atoms with Crippen molar-refractivity contribution in [1.82, 2.24) is 9.78 Å². The fourth-order valence-corrected chi connectivity index (χ4v) is 1.79. The Morgan fingerprint density at radius 1 is 1.42 bits per heavy atom. The van der Waals surface area contributed by atoms with Crippen LogP contribution < -0.4 is 10.1 Å². The predicted molar refractivity (Wildman–Crippen MR) is 73.1 cm³/mol. The molecule has 2 aromatic rings. The third-order valence-electron chi connectivity index (χ3n) is 2.86. The van der Waals surface area contributed by atoms with Crippen LogP contribution in [0, 0.1) is 6.92 Å². The Bertz CT molecular complexity index is 564. The van der Waals surface area contributed by atoms with Crippen LogP contribution >= 0.6 is 0 Å². The molecule has 0 atom stereocenters. The first-order valence-electron chi connectivity index (χ1n) is 6.19. The average Bonchev–Trinajstić information content (AvgIpc) is 2.79. The van der Waals surface area contributed by atoms with Crippen molar-refractivity contribution in [3.8, 4) is 5.75 Å². The zero-order valence-electron chi connectivity index (χ0n) is 11.1. The van der Waals surface area contributed by atoms with Gasteiger partial charge in [-0.15, -0.1) is 0 Å². The van der Waals surface area contributed by atoms with Gasteiger partial charge in [-0.05, 0) is 26.0 Å². The van der Waals surface area contributed by atoms with Gasteiger partial charge in [0.1, 0.15) is 12.4 Å². The lowest BCUT2D eigenvalue weighted by atomic mass is 10.2. The number of aromatic nitrogens is 2. The smallest absolute Gasteiger partial charge is 0.211 e. The number of nitrogens with zero attached hydrogens (tertiary/aromatic N) is 2. The summed E-state index contributed by atoms with van der Waals surface area (Å²) >= 11 is 0. The number of hydrogen-bond acceptors (Lipinski definition) is 3. The molecule has 1 aromatic carbocycles. The van der Waals surface area contributed by atoms with E-state index >= 15 is 0 Å². The Kier molecular flexibility index (Phi) is 4.18. The van der Waals surface area contributed by atoms with E-state index in [0.717, 1.165) is 17.8 Å². The van der Waals surface area contributed by atoms with Gasteiger partial charge in [-0.1, -0.05) is 12.1 Å². The molecule has 5 nitrogen and oxygen atoms in total. The third-order valence-corrected chi connectivity index (χ3v) is 2.86. The zero-order chi connectivity index (χ0) is 13.7. The van der Waals surface area contributed by atoms with Crippen LogP contribution in [0.5, 0.6) is 5.75 Å². The molecule has 0 bridgehead atoms. The molecule has 0 fully saturated rings. The minimum absolute atomic E-state index is 0.434. The summed E-state index contributed by atoms with van der Waals surface area (Å²) in [5.74, 6) is 0.651. The van der Waals surface area contributed by atoms with Crippen LogP contribution in [0.1, 0.15) is 18.2 Å². The minimum Gasteiger partial charge on any atom is -0.487 e.